The number of carbonyl (C=O) groups excluding carboxylic acids is 1. The molecule has 0 bridgehead atoms. The molecule has 0 unspecified atom stereocenters. The van der Waals surface area contributed by atoms with Crippen molar-refractivity contribution in [1.29, 1.82) is 0 Å². The number of hydrogen-bond acceptors (Lipinski definition) is 3. The van der Waals surface area contributed by atoms with Crippen LogP contribution in [-0.4, -0.2) is 11.3 Å². The lowest BCUT2D eigenvalue weighted by molar-refractivity contribution is 0.112. The number of thiazole rings is 1. The molecule has 1 aromatic heterocycles. The third-order valence-corrected chi connectivity index (χ3v) is 2.74. The lowest BCUT2D eigenvalue weighted by atomic mass is 10.2. The van der Waals surface area contributed by atoms with Crippen molar-refractivity contribution in [3.8, 4) is 0 Å². The van der Waals surface area contributed by atoms with E-state index in [1.807, 2.05) is 0 Å². The molecule has 1 aromatic carbocycles. The van der Waals surface area contributed by atoms with Gasteiger partial charge in [-0.3, -0.25) is 4.79 Å². The number of aromatic nitrogens is 1. The highest BCUT2D eigenvalue weighted by atomic mass is 32.1. The van der Waals surface area contributed by atoms with E-state index in [2.05, 4.69) is 4.98 Å². The van der Waals surface area contributed by atoms with Crippen LogP contribution in [0.2, 0.25) is 0 Å². The Morgan fingerprint density at radius 1 is 1.43 bits per heavy atom. The van der Waals surface area contributed by atoms with Crippen molar-refractivity contribution in [3.05, 3.63) is 28.8 Å². The summed E-state index contributed by atoms with van der Waals surface area (Å²) >= 11 is 1.19. The van der Waals surface area contributed by atoms with Crippen molar-refractivity contribution < 1.29 is 13.6 Å². The molecule has 14 heavy (non-hydrogen) atoms. The monoisotopic (exact) mass is 213 g/mol. The first-order valence-corrected chi connectivity index (χ1v) is 4.66. The Kier molecular flexibility index (Phi) is 2.25. The smallest absolute Gasteiger partial charge is 0.263 e. The van der Waals surface area contributed by atoms with Gasteiger partial charge >= 0.3 is 0 Å². The molecule has 0 spiro atoms. The van der Waals surface area contributed by atoms with E-state index >= 15 is 0 Å². The topological polar surface area (TPSA) is 30.0 Å². The van der Waals surface area contributed by atoms with E-state index in [9.17, 15) is 13.6 Å². The normalized spacial score (nSPS) is 11.1. The minimum atomic E-state index is -2.50. The Balaban J connectivity index is 2.59. The highest BCUT2D eigenvalue weighted by Gasteiger charge is 2.09. The fraction of sp³-hybridized carbons (Fsp3) is 0.111. The Morgan fingerprint density at radius 3 is 2.86 bits per heavy atom. The van der Waals surface area contributed by atoms with Gasteiger partial charge < -0.3 is 0 Å². The average molecular weight is 213 g/mol. The van der Waals surface area contributed by atoms with Gasteiger partial charge in [-0.15, -0.1) is 11.3 Å². The van der Waals surface area contributed by atoms with Crippen LogP contribution >= 0.6 is 11.3 Å². The SMILES string of the molecule is O=Cc1nc2cc(C(F)F)ccc2s1. The molecule has 2 rings (SSSR count). The largest absolute Gasteiger partial charge is 0.295 e. The summed E-state index contributed by atoms with van der Waals surface area (Å²) in [4.78, 5) is 14.3. The van der Waals surface area contributed by atoms with Crippen LogP contribution in [0.5, 0.6) is 0 Å². The average Bonchev–Trinajstić information content (AvgIpc) is 2.58. The van der Waals surface area contributed by atoms with Crippen molar-refractivity contribution in [2.24, 2.45) is 0 Å². The number of carbonyl (C=O) groups is 1. The highest BCUT2D eigenvalue weighted by molar-refractivity contribution is 7.20. The van der Waals surface area contributed by atoms with Crippen LogP contribution in [0.25, 0.3) is 10.2 Å². The molecule has 0 N–H and O–H groups in total. The number of aldehydes is 1. The molecule has 2 aromatic rings. The second-order valence-electron chi connectivity index (χ2n) is 2.70. The zero-order valence-electron chi connectivity index (χ0n) is 6.91. The van der Waals surface area contributed by atoms with Gasteiger partial charge in [0.25, 0.3) is 6.43 Å². The molecule has 0 radical (unpaired) electrons. The zero-order valence-corrected chi connectivity index (χ0v) is 7.72. The van der Waals surface area contributed by atoms with E-state index in [4.69, 9.17) is 0 Å². The minimum Gasteiger partial charge on any atom is -0.295 e. The number of alkyl halides is 2. The van der Waals surface area contributed by atoms with E-state index in [0.29, 0.717) is 16.8 Å². The number of benzene rings is 1. The van der Waals surface area contributed by atoms with Crippen LogP contribution in [0.15, 0.2) is 18.2 Å². The Bertz CT molecular complexity index is 481. The standard InChI is InChI=1S/C9H5F2NOS/c10-9(11)5-1-2-7-6(3-5)12-8(4-13)14-7/h1-4,9H. The van der Waals surface area contributed by atoms with Gasteiger partial charge in [0.15, 0.2) is 11.3 Å². The van der Waals surface area contributed by atoms with Crippen LogP contribution in [0.3, 0.4) is 0 Å². The molecular formula is C9H5F2NOS. The summed E-state index contributed by atoms with van der Waals surface area (Å²) in [7, 11) is 0. The molecule has 1 heterocycles. The third-order valence-electron chi connectivity index (χ3n) is 1.78. The van der Waals surface area contributed by atoms with Crippen molar-refractivity contribution >= 4 is 27.8 Å². The van der Waals surface area contributed by atoms with Crippen LogP contribution < -0.4 is 0 Å². The second-order valence-corrected chi connectivity index (χ2v) is 3.76. The van der Waals surface area contributed by atoms with E-state index < -0.39 is 6.43 Å². The summed E-state index contributed by atoms with van der Waals surface area (Å²) in [6.45, 7) is 0. The summed E-state index contributed by atoms with van der Waals surface area (Å²) in [5, 5.41) is 0.311. The number of rotatable bonds is 2. The number of hydrogen-bond donors (Lipinski definition) is 0. The molecule has 0 aliphatic carbocycles. The summed E-state index contributed by atoms with van der Waals surface area (Å²) < 4.78 is 25.3. The fourth-order valence-electron chi connectivity index (χ4n) is 1.15. The van der Waals surface area contributed by atoms with Crippen LogP contribution in [0, 0.1) is 0 Å². The number of nitrogens with zero attached hydrogens (tertiary/aromatic N) is 1. The molecule has 2 nitrogen and oxygen atoms in total. The summed E-state index contributed by atoms with van der Waals surface area (Å²) in [5.41, 5.74) is 0.384. The van der Waals surface area contributed by atoms with E-state index in [1.54, 1.807) is 6.07 Å². The lowest BCUT2D eigenvalue weighted by Gasteiger charge is -1.96. The predicted octanol–water partition coefficient (Wildman–Crippen LogP) is 3.05. The van der Waals surface area contributed by atoms with Gasteiger partial charge in [-0.1, -0.05) is 6.07 Å². The number of fused-ring (bicyclic) bond motifs is 1. The molecule has 0 saturated carbocycles. The highest BCUT2D eigenvalue weighted by Crippen LogP contribution is 2.26. The van der Waals surface area contributed by atoms with Gasteiger partial charge in [-0.05, 0) is 12.1 Å². The quantitative estimate of drug-likeness (QED) is 0.717. The summed E-state index contributed by atoms with van der Waals surface area (Å²) in [5.74, 6) is 0. The molecule has 5 heteroatoms. The van der Waals surface area contributed by atoms with Gasteiger partial charge in [-0.25, -0.2) is 13.8 Å². The third kappa shape index (κ3) is 1.50. The molecule has 0 saturated heterocycles. The Hall–Kier alpha value is -1.36. The van der Waals surface area contributed by atoms with E-state index in [1.165, 1.54) is 23.5 Å². The molecule has 0 aliphatic heterocycles. The van der Waals surface area contributed by atoms with Crippen molar-refractivity contribution in [2.45, 2.75) is 6.43 Å². The van der Waals surface area contributed by atoms with E-state index in [0.717, 1.165) is 4.70 Å². The van der Waals surface area contributed by atoms with Crippen LogP contribution in [0.1, 0.15) is 21.8 Å². The van der Waals surface area contributed by atoms with Crippen molar-refractivity contribution in [2.75, 3.05) is 0 Å². The Morgan fingerprint density at radius 2 is 2.21 bits per heavy atom. The first kappa shape index (κ1) is 9.21. The molecule has 0 atom stereocenters. The first-order valence-electron chi connectivity index (χ1n) is 3.84. The molecule has 0 amide bonds. The molecule has 72 valence electrons. The lowest BCUT2D eigenvalue weighted by Crippen LogP contribution is -1.82. The Labute approximate surface area is 82.2 Å². The van der Waals surface area contributed by atoms with Gasteiger partial charge in [0.05, 0.1) is 10.2 Å². The molecule has 0 fully saturated rings. The summed E-state index contributed by atoms with van der Waals surface area (Å²) in [6.07, 6.45) is -1.88. The van der Waals surface area contributed by atoms with E-state index in [-0.39, 0.29) is 5.56 Å². The van der Waals surface area contributed by atoms with Crippen LogP contribution in [0.4, 0.5) is 8.78 Å². The second kappa shape index (κ2) is 3.42. The van der Waals surface area contributed by atoms with Gasteiger partial charge in [-0.2, -0.15) is 0 Å². The summed E-state index contributed by atoms with van der Waals surface area (Å²) in [6, 6.07) is 4.21. The maximum absolute atomic E-state index is 12.3. The van der Waals surface area contributed by atoms with Crippen molar-refractivity contribution in [3.63, 3.8) is 0 Å². The maximum Gasteiger partial charge on any atom is 0.263 e. The zero-order chi connectivity index (χ0) is 10.1. The maximum atomic E-state index is 12.3. The van der Waals surface area contributed by atoms with Crippen LogP contribution in [-0.2, 0) is 0 Å². The number of halogens is 2. The predicted molar refractivity (Wildman–Crippen MR) is 50.0 cm³/mol. The molecule has 0 aliphatic rings. The minimum absolute atomic E-state index is 0.0692. The first-order chi connectivity index (χ1) is 6.70. The van der Waals surface area contributed by atoms with Gasteiger partial charge in [0.2, 0.25) is 0 Å². The van der Waals surface area contributed by atoms with Gasteiger partial charge in [0, 0.05) is 5.56 Å². The molecular weight excluding hydrogens is 208 g/mol. The fourth-order valence-corrected chi connectivity index (χ4v) is 1.91. The van der Waals surface area contributed by atoms with Crippen molar-refractivity contribution in [1.82, 2.24) is 4.98 Å². The van der Waals surface area contributed by atoms with Gasteiger partial charge in [0.1, 0.15) is 0 Å².